The topological polar surface area (TPSA) is 51.6 Å². The van der Waals surface area contributed by atoms with Crippen molar-refractivity contribution in [1.82, 2.24) is 4.98 Å². The van der Waals surface area contributed by atoms with Gasteiger partial charge in [0.15, 0.2) is 0 Å². The third-order valence-electron chi connectivity index (χ3n) is 1.64. The van der Waals surface area contributed by atoms with Crippen LogP contribution in [-0.4, -0.2) is 43.1 Å². The zero-order valence-electron chi connectivity index (χ0n) is 8.18. The van der Waals surface area contributed by atoms with Crippen LogP contribution in [0.25, 0.3) is 0 Å². The third kappa shape index (κ3) is 4.66. The van der Waals surface area contributed by atoms with Gasteiger partial charge in [-0.3, -0.25) is 0 Å². The van der Waals surface area contributed by atoms with E-state index in [1.54, 1.807) is 24.6 Å². The molecule has 0 saturated heterocycles. The summed E-state index contributed by atoms with van der Waals surface area (Å²) in [6.07, 6.45) is 1.82. The summed E-state index contributed by atoms with van der Waals surface area (Å²) < 4.78 is 10.00. The van der Waals surface area contributed by atoms with Gasteiger partial charge < -0.3 is 14.6 Å². The monoisotopic (exact) mass is 217 g/mol. The summed E-state index contributed by atoms with van der Waals surface area (Å²) in [5.74, 6) is 0. The molecule has 0 spiro atoms. The van der Waals surface area contributed by atoms with Crippen molar-refractivity contribution in [3.05, 3.63) is 16.6 Å². The molecule has 14 heavy (non-hydrogen) atoms. The lowest BCUT2D eigenvalue weighted by Crippen LogP contribution is -2.19. The first kappa shape index (κ1) is 11.6. The van der Waals surface area contributed by atoms with Crippen LogP contribution in [0, 0.1) is 0 Å². The maximum absolute atomic E-state index is 9.52. The molecule has 0 radical (unpaired) electrons. The minimum Gasteiger partial charge on any atom is -0.390 e. The summed E-state index contributed by atoms with van der Waals surface area (Å²) in [5.41, 5.74) is 0. The molecule has 4 nitrogen and oxygen atoms in total. The Morgan fingerprint density at radius 2 is 2.43 bits per heavy atom. The first-order valence-electron chi connectivity index (χ1n) is 4.46. The van der Waals surface area contributed by atoms with Crippen molar-refractivity contribution in [2.24, 2.45) is 0 Å². The normalized spacial score (nSPS) is 13.0. The van der Waals surface area contributed by atoms with E-state index in [0.717, 1.165) is 5.01 Å². The smallest absolute Gasteiger partial charge is 0.0951 e. The Morgan fingerprint density at radius 1 is 1.57 bits per heavy atom. The molecule has 0 bridgehead atoms. The molecular weight excluding hydrogens is 202 g/mol. The van der Waals surface area contributed by atoms with Crippen LogP contribution >= 0.6 is 11.3 Å². The van der Waals surface area contributed by atoms with Gasteiger partial charge in [-0.05, 0) is 0 Å². The van der Waals surface area contributed by atoms with Crippen LogP contribution in [0.1, 0.15) is 5.01 Å². The Bertz CT molecular complexity index is 228. The number of hydrogen-bond donors (Lipinski definition) is 1. The summed E-state index contributed by atoms with van der Waals surface area (Å²) in [7, 11) is 1.62. The van der Waals surface area contributed by atoms with Crippen molar-refractivity contribution in [1.29, 1.82) is 0 Å². The second-order valence-corrected chi connectivity index (χ2v) is 3.83. The molecule has 80 valence electrons. The number of thiazole rings is 1. The molecule has 1 unspecified atom stereocenters. The standard InChI is InChI=1S/C9H15NO3S/c1-12-3-4-13-7-8(11)6-9-10-2-5-14-9/h2,5,8,11H,3-4,6-7H2,1H3. The highest BCUT2D eigenvalue weighted by Gasteiger charge is 2.07. The number of rotatable bonds is 7. The van der Waals surface area contributed by atoms with E-state index < -0.39 is 6.10 Å². The molecule has 1 atom stereocenters. The van der Waals surface area contributed by atoms with E-state index in [1.807, 2.05) is 5.38 Å². The Labute approximate surface area is 87.5 Å². The van der Waals surface area contributed by atoms with E-state index in [-0.39, 0.29) is 0 Å². The fourth-order valence-electron chi connectivity index (χ4n) is 0.976. The van der Waals surface area contributed by atoms with Crippen molar-refractivity contribution < 1.29 is 14.6 Å². The van der Waals surface area contributed by atoms with Crippen LogP contribution in [0.4, 0.5) is 0 Å². The molecule has 0 fully saturated rings. The molecule has 0 aliphatic carbocycles. The fraction of sp³-hybridized carbons (Fsp3) is 0.667. The van der Waals surface area contributed by atoms with Crippen LogP contribution in [0.2, 0.25) is 0 Å². The predicted octanol–water partition coefficient (Wildman–Crippen LogP) is 0.710. The largest absolute Gasteiger partial charge is 0.390 e. The predicted molar refractivity (Wildman–Crippen MR) is 54.5 cm³/mol. The van der Waals surface area contributed by atoms with Crippen molar-refractivity contribution in [2.75, 3.05) is 26.9 Å². The Kier molecular flexibility index (Phi) is 5.70. The van der Waals surface area contributed by atoms with Crippen molar-refractivity contribution in [3.8, 4) is 0 Å². The number of aliphatic hydroxyl groups excluding tert-OH is 1. The Hall–Kier alpha value is -0.490. The highest BCUT2D eigenvalue weighted by Crippen LogP contribution is 2.07. The zero-order chi connectivity index (χ0) is 10.2. The maximum Gasteiger partial charge on any atom is 0.0951 e. The fourth-order valence-corrected chi connectivity index (χ4v) is 1.67. The third-order valence-corrected chi connectivity index (χ3v) is 2.44. The SMILES string of the molecule is COCCOCC(O)Cc1nccs1. The quantitative estimate of drug-likeness (QED) is 0.683. The van der Waals surface area contributed by atoms with E-state index in [9.17, 15) is 5.11 Å². The van der Waals surface area contributed by atoms with Crippen LogP contribution < -0.4 is 0 Å². The van der Waals surface area contributed by atoms with Gasteiger partial charge in [-0.1, -0.05) is 0 Å². The van der Waals surface area contributed by atoms with Gasteiger partial charge in [-0.2, -0.15) is 0 Å². The van der Waals surface area contributed by atoms with E-state index in [0.29, 0.717) is 26.2 Å². The van der Waals surface area contributed by atoms with E-state index in [4.69, 9.17) is 9.47 Å². The molecule has 0 amide bonds. The molecule has 0 aromatic carbocycles. The van der Waals surface area contributed by atoms with Gasteiger partial charge >= 0.3 is 0 Å². The van der Waals surface area contributed by atoms with Gasteiger partial charge in [0.2, 0.25) is 0 Å². The van der Waals surface area contributed by atoms with Crippen molar-refractivity contribution >= 4 is 11.3 Å². The summed E-state index contributed by atoms with van der Waals surface area (Å²) in [6.45, 7) is 1.42. The number of methoxy groups -OCH3 is 1. The summed E-state index contributed by atoms with van der Waals surface area (Å²) in [6, 6.07) is 0. The van der Waals surface area contributed by atoms with Gasteiger partial charge in [-0.15, -0.1) is 11.3 Å². The number of nitrogens with zero attached hydrogens (tertiary/aromatic N) is 1. The Balaban J connectivity index is 2.07. The van der Waals surface area contributed by atoms with Gasteiger partial charge in [0.05, 0.1) is 30.9 Å². The summed E-state index contributed by atoms with van der Waals surface area (Å²) >= 11 is 1.54. The molecule has 1 N–H and O–H groups in total. The first-order chi connectivity index (χ1) is 6.83. The summed E-state index contributed by atoms with van der Waals surface area (Å²) in [4.78, 5) is 4.08. The maximum atomic E-state index is 9.52. The van der Waals surface area contributed by atoms with Crippen molar-refractivity contribution in [2.45, 2.75) is 12.5 Å². The van der Waals surface area contributed by atoms with Crippen LogP contribution in [0.15, 0.2) is 11.6 Å². The molecule has 5 heteroatoms. The van der Waals surface area contributed by atoms with E-state index >= 15 is 0 Å². The van der Waals surface area contributed by atoms with Crippen LogP contribution in [0.5, 0.6) is 0 Å². The van der Waals surface area contributed by atoms with Gasteiger partial charge in [-0.25, -0.2) is 4.98 Å². The molecule has 0 aliphatic rings. The average Bonchev–Trinajstić information content (AvgIpc) is 2.65. The number of aliphatic hydroxyl groups is 1. The minimum absolute atomic E-state index is 0.336. The first-order valence-corrected chi connectivity index (χ1v) is 5.34. The molecule has 1 aromatic rings. The Morgan fingerprint density at radius 3 is 3.07 bits per heavy atom. The highest BCUT2D eigenvalue weighted by molar-refractivity contribution is 7.09. The molecule has 0 aliphatic heterocycles. The molecule has 1 aromatic heterocycles. The lowest BCUT2D eigenvalue weighted by molar-refractivity contribution is 0.0137. The average molecular weight is 217 g/mol. The second kappa shape index (κ2) is 6.89. The lowest BCUT2D eigenvalue weighted by atomic mass is 10.3. The molecule has 0 saturated carbocycles. The van der Waals surface area contributed by atoms with Crippen LogP contribution in [0.3, 0.4) is 0 Å². The second-order valence-electron chi connectivity index (χ2n) is 2.85. The van der Waals surface area contributed by atoms with Crippen LogP contribution in [-0.2, 0) is 15.9 Å². The van der Waals surface area contributed by atoms with Gasteiger partial charge in [0, 0.05) is 25.1 Å². The molecule has 1 heterocycles. The number of ether oxygens (including phenoxy) is 2. The minimum atomic E-state index is -0.474. The molecule has 1 rings (SSSR count). The number of hydrogen-bond acceptors (Lipinski definition) is 5. The highest BCUT2D eigenvalue weighted by atomic mass is 32.1. The van der Waals surface area contributed by atoms with E-state index in [1.165, 1.54) is 0 Å². The summed E-state index contributed by atoms with van der Waals surface area (Å²) in [5, 5.41) is 12.4. The van der Waals surface area contributed by atoms with Gasteiger partial charge in [0.1, 0.15) is 0 Å². The molecular formula is C9H15NO3S. The zero-order valence-corrected chi connectivity index (χ0v) is 9.00. The van der Waals surface area contributed by atoms with Crippen molar-refractivity contribution in [3.63, 3.8) is 0 Å². The van der Waals surface area contributed by atoms with E-state index in [2.05, 4.69) is 4.98 Å². The number of aromatic nitrogens is 1. The van der Waals surface area contributed by atoms with Gasteiger partial charge in [0.25, 0.3) is 0 Å². The lowest BCUT2D eigenvalue weighted by Gasteiger charge is -2.09.